The van der Waals surface area contributed by atoms with E-state index in [9.17, 15) is 4.79 Å². The Morgan fingerprint density at radius 3 is 2.35 bits per heavy atom. The van der Waals surface area contributed by atoms with Crippen LogP contribution in [0.2, 0.25) is 0 Å². The summed E-state index contributed by atoms with van der Waals surface area (Å²) in [7, 11) is 0. The number of para-hydroxylation sites is 2. The lowest BCUT2D eigenvalue weighted by Gasteiger charge is -2.15. The molecular weight excluding hydrogens is 344 g/mol. The fourth-order valence-electron chi connectivity index (χ4n) is 3.33. The van der Waals surface area contributed by atoms with E-state index in [-0.39, 0.29) is 5.56 Å². The topological polar surface area (TPSA) is 52.2 Å². The highest BCUT2D eigenvalue weighted by Gasteiger charge is 2.20. The van der Waals surface area contributed by atoms with Crippen LogP contribution in [0.5, 0.6) is 0 Å². The lowest BCUT2D eigenvalue weighted by Crippen LogP contribution is -2.23. The zero-order valence-corrected chi connectivity index (χ0v) is 16.0. The van der Waals surface area contributed by atoms with Crippen molar-refractivity contribution in [2.45, 2.75) is 38.1 Å². The molecule has 4 aromatic rings. The Kier molecular flexibility index (Phi) is 4.07. The molecule has 2 heterocycles. The molecule has 4 rings (SSSR count). The molecular formula is C20H20N4OS. The number of hydrogen-bond acceptors (Lipinski definition) is 4. The number of thioether (sulfide) groups is 1. The second-order valence-electron chi connectivity index (χ2n) is 6.68. The Labute approximate surface area is 155 Å². The Balaban J connectivity index is 2.22. The first-order valence-electron chi connectivity index (χ1n) is 8.61. The maximum atomic E-state index is 13.4. The van der Waals surface area contributed by atoms with Crippen molar-refractivity contribution in [3.05, 3.63) is 63.9 Å². The number of rotatable bonds is 3. The minimum atomic E-state index is -0.0704. The van der Waals surface area contributed by atoms with Crippen LogP contribution in [0.15, 0.2) is 52.4 Å². The molecule has 2 aromatic carbocycles. The van der Waals surface area contributed by atoms with E-state index >= 15 is 0 Å². The summed E-state index contributed by atoms with van der Waals surface area (Å²) in [6, 6.07) is 13.7. The molecule has 0 N–H and O–H groups in total. The minimum absolute atomic E-state index is 0.0704. The first-order chi connectivity index (χ1) is 12.5. The van der Waals surface area contributed by atoms with Gasteiger partial charge in [0.05, 0.1) is 16.6 Å². The maximum absolute atomic E-state index is 13.4. The molecule has 0 spiro atoms. The third kappa shape index (κ3) is 2.52. The van der Waals surface area contributed by atoms with Crippen LogP contribution in [0.1, 0.15) is 25.0 Å². The van der Waals surface area contributed by atoms with Gasteiger partial charge in [0, 0.05) is 5.25 Å². The molecule has 6 heteroatoms. The highest BCUT2D eigenvalue weighted by atomic mass is 32.2. The van der Waals surface area contributed by atoms with Gasteiger partial charge in [-0.1, -0.05) is 55.9 Å². The van der Waals surface area contributed by atoms with Crippen LogP contribution in [0.4, 0.5) is 0 Å². The van der Waals surface area contributed by atoms with Gasteiger partial charge >= 0.3 is 0 Å². The Bertz CT molecular complexity index is 1170. The average molecular weight is 364 g/mol. The second kappa shape index (κ2) is 6.29. The smallest absolute Gasteiger partial charge is 0.267 e. The van der Waals surface area contributed by atoms with Crippen LogP contribution in [0.25, 0.3) is 22.4 Å². The summed E-state index contributed by atoms with van der Waals surface area (Å²) in [5, 5.41) is 10.6. The molecule has 0 aliphatic carbocycles. The molecule has 0 atom stereocenters. The third-order valence-electron chi connectivity index (χ3n) is 4.40. The fourth-order valence-corrected chi connectivity index (χ4v) is 4.12. The van der Waals surface area contributed by atoms with Crippen LogP contribution >= 0.6 is 11.8 Å². The molecule has 0 amide bonds. The van der Waals surface area contributed by atoms with Gasteiger partial charge < -0.3 is 0 Å². The molecule has 0 fully saturated rings. The maximum Gasteiger partial charge on any atom is 0.267 e. The van der Waals surface area contributed by atoms with Crippen molar-refractivity contribution < 1.29 is 0 Å². The largest absolute Gasteiger partial charge is 0.268 e. The average Bonchev–Trinajstić information content (AvgIpc) is 3.00. The molecule has 0 radical (unpaired) electrons. The van der Waals surface area contributed by atoms with Crippen LogP contribution in [0.3, 0.4) is 0 Å². The molecule has 0 bridgehead atoms. The van der Waals surface area contributed by atoms with Gasteiger partial charge in [0.1, 0.15) is 0 Å². The van der Waals surface area contributed by atoms with Crippen LogP contribution in [-0.4, -0.2) is 24.4 Å². The number of aromatic nitrogens is 4. The van der Waals surface area contributed by atoms with E-state index in [1.165, 1.54) is 0 Å². The van der Waals surface area contributed by atoms with Crippen molar-refractivity contribution in [1.29, 1.82) is 0 Å². The predicted molar refractivity (Wildman–Crippen MR) is 107 cm³/mol. The number of hydrogen-bond donors (Lipinski definition) is 0. The molecule has 0 saturated carbocycles. The molecule has 0 aliphatic heterocycles. The number of aryl methyl sites for hydroxylation is 2. The summed E-state index contributed by atoms with van der Waals surface area (Å²) in [6.07, 6.45) is 0. The summed E-state index contributed by atoms with van der Waals surface area (Å²) in [4.78, 5) is 13.4. The Hall–Kier alpha value is -2.60. The lowest BCUT2D eigenvalue weighted by atomic mass is 10.1. The third-order valence-corrected chi connectivity index (χ3v) is 5.35. The van der Waals surface area contributed by atoms with Gasteiger partial charge in [0.25, 0.3) is 5.56 Å². The van der Waals surface area contributed by atoms with E-state index in [1.807, 2.05) is 60.7 Å². The van der Waals surface area contributed by atoms with Gasteiger partial charge in [-0.05, 0) is 37.1 Å². The standard InChI is InChI=1S/C20H20N4OS/c1-12(2)26-20-22-21-19-23(20)16-11-6-5-10-15(16)18(25)24(19)17-13(3)8-7-9-14(17)4/h5-12H,1-4H3. The second-order valence-corrected chi connectivity index (χ2v) is 8.23. The molecule has 0 saturated heterocycles. The summed E-state index contributed by atoms with van der Waals surface area (Å²) in [6.45, 7) is 8.27. The van der Waals surface area contributed by atoms with Crippen molar-refractivity contribution in [2.24, 2.45) is 0 Å². The normalized spacial score (nSPS) is 11.7. The van der Waals surface area contributed by atoms with Crippen LogP contribution < -0.4 is 5.56 Å². The summed E-state index contributed by atoms with van der Waals surface area (Å²) in [5.41, 5.74) is 3.71. The van der Waals surface area contributed by atoms with E-state index < -0.39 is 0 Å². The van der Waals surface area contributed by atoms with Gasteiger partial charge in [0.2, 0.25) is 5.78 Å². The molecule has 132 valence electrons. The van der Waals surface area contributed by atoms with E-state index in [1.54, 1.807) is 16.3 Å². The van der Waals surface area contributed by atoms with E-state index in [0.29, 0.717) is 16.4 Å². The SMILES string of the molecule is Cc1cccc(C)c1-n1c(=O)c2ccccc2n2c(SC(C)C)nnc12. The molecule has 2 aromatic heterocycles. The van der Waals surface area contributed by atoms with Gasteiger partial charge in [-0.25, -0.2) is 4.57 Å². The predicted octanol–water partition coefficient (Wildman–Crippen LogP) is 4.15. The minimum Gasteiger partial charge on any atom is -0.268 e. The molecule has 26 heavy (non-hydrogen) atoms. The van der Waals surface area contributed by atoms with Crippen molar-refractivity contribution >= 4 is 28.4 Å². The Morgan fingerprint density at radius 2 is 1.65 bits per heavy atom. The quantitative estimate of drug-likeness (QED) is 0.513. The summed E-state index contributed by atoms with van der Waals surface area (Å²) in [5.74, 6) is 0.550. The number of fused-ring (bicyclic) bond motifs is 3. The van der Waals surface area contributed by atoms with E-state index in [0.717, 1.165) is 27.5 Å². The zero-order valence-electron chi connectivity index (χ0n) is 15.2. The van der Waals surface area contributed by atoms with Crippen molar-refractivity contribution in [3.63, 3.8) is 0 Å². The molecule has 0 aliphatic rings. The van der Waals surface area contributed by atoms with Crippen LogP contribution in [0, 0.1) is 13.8 Å². The number of nitrogens with zero attached hydrogens (tertiary/aromatic N) is 4. The van der Waals surface area contributed by atoms with Gasteiger partial charge in [-0.2, -0.15) is 0 Å². The molecule has 0 unspecified atom stereocenters. The Morgan fingerprint density at radius 1 is 0.962 bits per heavy atom. The van der Waals surface area contributed by atoms with Gasteiger partial charge in [-0.15, -0.1) is 10.2 Å². The van der Waals surface area contributed by atoms with Gasteiger partial charge in [0.15, 0.2) is 5.16 Å². The van der Waals surface area contributed by atoms with Crippen molar-refractivity contribution in [3.8, 4) is 5.69 Å². The van der Waals surface area contributed by atoms with Crippen LogP contribution in [-0.2, 0) is 0 Å². The fraction of sp³-hybridized carbons (Fsp3) is 0.250. The van der Waals surface area contributed by atoms with Crippen molar-refractivity contribution in [2.75, 3.05) is 0 Å². The lowest BCUT2D eigenvalue weighted by molar-refractivity contribution is 0.918. The first-order valence-corrected chi connectivity index (χ1v) is 9.49. The monoisotopic (exact) mass is 364 g/mol. The zero-order chi connectivity index (χ0) is 18.4. The summed E-state index contributed by atoms with van der Waals surface area (Å²) >= 11 is 1.64. The highest BCUT2D eigenvalue weighted by Crippen LogP contribution is 2.27. The number of benzene rings is 2. The van der Waals surface area contributed by atoms with Crippen molar-refractivity contribution in [1.82, 2.24) is 19.2 Å². The first kappa shape index (κ1) is 16.8. The van der Waals surface area contributed by atoms with E-state index in [4.69, 9.17) is 0 Å². The highest BCUT2D eigenvalue weighted by molar-refractivity contribution is 7.99. The summed E-state index contributed by atoms with van der Waals surface area (Å²) < 4.78 is 3.69. The van der Waals surface area contributed by atoms with E-state index in [2.05, 4.69) is 24.0 Å². The molecule has 5 nitrogen and oxygen atoms in total. The van der Waals surface area contributed by atoms with Gasteiger partial charge in [-0.3, -0.25) is 9.20 Å².